The number of nitrogens with one attached hydrogen (secondary N) is 1. The highest BCUT2D eigenvalue weighted by Gasteiger charge is 2.08. The lowest BCUT2D eigenvalue weighted by atomic mass is 10.2. The monoisotopic (exact) mass is 287 g/mol. The first-order chi connectivity index (χ1) is 9.33. The number of hydrogen-bond donors (Lipinski definition) is 1. The largest absolute Gasteiger partial charge is 0.306 e. The van der Waals surface area contributed by atoms with E-state index in [0.29, 0.717) is 10.2 Å². The van der Waals surface area contributed by atoms with Crippen molar-refractivity contribution < 1.29 is 0 Å². The van der Waals surface area contributed by atoms with Crippen molar-refractivity contribution in [2.45, 2.75) is 0 Å². The molecule has 0 unspecified atom stereocenters. The van der Waals surface area contributed by atoms with Crippen molar-refractivity contribution in [2.24, 2.45) is 0 Å². The smallest absolute Gasteiger partial charge is 0.212 e. The molecule has 3 aromatic rings. The minimum atomic E-state index is 0.522. The normalized spacial score (nSPS) is 10.3. The summed E-state index contributed by atoms with van der Waals surface area (Å²) < 4.78 is 1.71. The fourth-order valence-corrected chi connectivity index (χ4v) is 2.52. The number of thiocarbonyl (C=S) groups is 1. The summed E-state index contributed by atoms with van der Waals surface area (Å²) in [6, 6.07) is 9.91. The maximum absolute atomic E-state index is 5.23. The van der Waals surface area contributed by atoms with E-state index < -0.39 is 0 Å². The Kier molecular flexibility index (Phi) is 3.30. The van der Waals surface area contributed by atoms with E-state index in [4.69, 9.17) is 12.2 Å². The highest BCUT2D eigenvalue weighted by atomic mass is 32.1. The van der Waals surface area contributed by atoms with Gasteiger partial charge in [-0.15, -0.1) is 10.2 Å². The molecule has 0 radical (unpaired) electrons. The van der Waals surface area contributed by atoms with Crippen molar-refractivity contribution in [3.63, 3.8) is 0 Å². The van der Waals surface area contributed by atoms with E-state index in [1.165, 1.54) is 11.3 Å². The quantitative estimate of drug-likeness (QED) is 0.734. The minimum absolute atomic E-state index is 0.522. The molecule has 2 aromatic heterocycles. The van der Waals surface area contributed by atoms with Gasteiger partial charge in [-0.05, 0) is 12.2 Å². The number of rotatable bonds is 2. The van der Waals surface area contributed by atoms with Gasteiger partial charge in [-0.25, -0.2) is 4.98 Å². The maximum Gasteiger partial charge on any atom is 0.212 e. The molecule has 19 heavy (non-hydrogen) atoms. The van der Waals surface area contributed by atoms with E-state index in [0.717, 1.165) is 10.6 Å². The molecule has 0 atom stereocenters. The Labute approximate surface area is 119 Å². The Hall–Kier alpha value is -2.12. The first-order valence-corrected chi connectivity index (χ1v) is 6.73. The van der Waals surface area contributed by atoms with Crippen LogP contribution in [0.25, 0.3) is 10.6 Å². The zero-order valence-corrected chi connectivity index (χ0v) is 11.4. The van der Waals surface area contributed by atoms with Crippen molar-refractivity contribution in [3.8, 4) is 10.6 Å². The molecule has 1 aromatic carbocycles. The highest BCUT2D eigenvalue weighted by molar-refractivity contribution is 7.80. The molecule has 2 heterocycles. The number of hydrogen-bond acceptors (Lipinski definition) is 5. The fraction of sp³-hybridized carbons (Fsp3) is 0. The van der Waals surface area contributed by atoms with Crippen LogP contribution in [0.3, 0.4) is 0 Å². The van der Waals surface area contributed by atoms with Gasteiger partial charge in [0.25, 0.3) is 0 Å². The summed E-state index contributed by atoms with van der Waals surface area (Å²) >= 11 is 6.69. The molecule has 94 valence electrons. The number of anilines is 1. The molecule has 5 nitrogen and oxygen atoms in total. The van der Waals surface area contributed by atoms with Gasteiger partial charge in [0.15, 0.2) is 5.11 Å². The molecule has 0 fully saturated rings. The summed E-state index contributed by atoms with van der Waals surface area (Å²) in [5, 5.41) is 13.3. The van der Waals surface area contributed by atoms with Gasteiger partial charge in [0.05, 0.1) is 0 Å². The first kappa shape index (κ1) is 11.9. The zero-order chi connectivity index (χ0) is 13.1. The average molecular weight is 287 g/mol. The lowest BCUT2D eigenvalue weighted by Crippen LogP contribution is -2.17. The third-order valence-corrected chi connectivity index (χ3v) is 3.60. The topological polar surface area (TPSA) is 55.6 Å². The summed E-state index contributed by atoms with van der Waals surface area (Å²) in [7, 11) is 0. The molecule has 0 aliphatic carbocycles. The van der Waals surface area contributed by atoms with E-state index >= 15 is 0 Å². The molecule has 7 heteroatoms. The van der Waals surface area contributed by atoms with Crippen LogP contribution in [0, 0.1) is 0 Å². The number of benzene rings is 1. The number of aromatic nitrogens is 4. The van der Waals surface area contributed by atoms with Gasteiger partial charge in [-0.2, -0.15) is 0 Å². The summed E-state index contributed by atoms with van der Waals surface area (Å²) in [6.45, 7) is 0. The summed E-state index contributed by atoms with van der Waals surface area (Å²) in [6.07, 6.45) is 5.08. The van der Waals surface area contributed by atoms with Crippen LogP contribution in [-0.4, -0.2) is 24.9 Å². The van der Waals surface area contributed by atoms with Crippen LogP contribution in [0.2, 0.25) is 0 Å². The van der Waals surface area contributed by atoms with Crippen LogP contribution in [-0.2, 0) is 0 Å². The van der Waals surface area contributed by atoms with E-state index in [9.17, 15) is 0 Å². The Morgan fingerprint density at radius 3 is 2.79 bits per heavy atom. The predicted octanol–water partition coefficient (Wildman–Crippen LogP) is 2.65. The van der Waals surface area contributed by atoms with Crippen LogP contribution < -0.4 is 5.32 Å². The van der Waals surface area contributed by atoms with Crippen LogP contribution >= 0.6 is 23.6 Å². The van der Waals surface area contributed by atoms with Crippen LogP contribution in [0.5, 0.6) is 0 Å². The van der Waals surface area contributed by atoms with Crippen molar-refractivity contribution in [1.29, 1.82) is 0 Å². The molecule has 0 aliphatic rings. The molecule has 0 spiro atoms. The summed E-state index contributed by atoms with van der Waals surface area (Å²) in [5.41, 5.74) is 1.04. The van der Waals surface area contributed by atoms with E-state index in [1.54, 1.807) is 23.3 Å². The van der Waals surface area contributed by atoms with E-state index in [-0.39, 0.29) is 0 Å². The average Bonchev–Trinajstić information content (AvgIpc) is 3.11. The second-order valence-corrected chi connectivity index (χ2v) is 5.04. The predicted molar refractivity (Wildman–Crippen MR) is 79.2 cm³/mol. The maximum atomic E-state index is 5.23. The Balaban J connectivity index is 1.77. The van der Waals surface area contributed by atoms with Crippen LogP contribution in [0.15, 0.2) is 49.1 Å². The van der Waals surface area contributed by atoms with Crippen molar-refractivity contribution >= 4 is 33.8 Å². The van der Waals surface area contributed by atoms with Crippen LogP contribution in [0.1, 0.15) is 0 Å². The molecular weight excluding hydrogens is 278 g/mol. The highest BCUT2D eigenvalue weighted by Crippen LogP contribution is 2.25. The Bertz CT molecular complexity index is 675. The second-order valence-electron chi connectivity index (χ2n) is 3.68. The van der Waals surface area contributed by atoms with Gasteiger partial charge in [-0.3, -0.25) is 4.57 Å². The summed E-state index contributed by atoms with van der Waals surface area (Å²) in [4.78, 5) is 3.94. The van der Waals surface area contributed by atoms with Crippen molar-refractivity contribution in [1.82, 2.24) is 19.7 Å². The zero-order valence-electron chi connectivity index (χ0n) is 9.72. The van der Waals surface area contributed by atoms with Gasteiger partial charge in [0, 0.05) is 18.0 Å². The molecule has 0 saturated heterocycles. The summed E-state index contributed by atoms with van der Waals surface area (Å²) in [5.74, 6) is 0. The lowest BCUT2D eigenvalue weighted by molar-refractivity contribution is 1.09. The van der Waals surface area contributed by atoms with Gasteiger partial charge >= 0.3 is 0 Å². The van der Waals surface area contributed by atoms with Crippen molar-refractivity contribution in [3.05, 3.63) is 49.1 Å². The number of imidazole rings is 1. The molecule has 0 bridgehead atoms. The Morgan fingerprint density at radius 1 is 1.21 bits per heavy atom. The third-order valence-electron chi connectivity index (χ3n) is 2.40. The van der Waals surface area contributed by atoms with E-state index in [1.807, 2.05) is 30.3 Å². The van der Waals surface area contributed by atoms with Gasteiger partial charge in [0.1, 0.15) is 11.3 Å². The minimum Gasteiger partial charge on any atom is -0.306 e. The molecule has 1 N–H and O–H groups in total. The van der Waals surface area contributed by atoms with Gasteiger partial charge < -0.3 is 5.32 Å². The molecular formula is C12H9N5S2. The Morgan fingerprint density at radius 2 is 2.05 bits per heavy atom. The lowest BCUT2D eigenvalue weighted by Gasteiger charge is -2.03. The molecule has 0 aliphatic heterocycles. The molecule has 3 rings (SSSR count). The van der Waals surface area contributed by atoms with E-state index in [2.05, 4.69) is 20.5 Å². The van der Waals surface area contributed by atoms with Gasteiger partial charge in [-0.1, -0.05) is 41.7 Å². The van der Waals surface area contributed by atoms with Gasteiger partial charge in [0.2, 0.25) is 5.13 Å². The van der Waals surface area contributed by atoms with Crippen LogP contribution in [0.4, 0.5) is 5.13 Å². The fourth-order valence-electron chi connectivity index (χ4n) is 1.51. The second kappa shape index (κ2) is 5.25. The number of nitrogens with zero attached hydrogens (tertiary/aromatic N) is 4. The standard InChI is InChI=1S/C12H9N5S2/c18-12(17-7-6-13-8-17)14-11-16-15-10(19-11)9-4-2-1-3-5-9/h1-8H,(H,14,16,18). The molecule has 0 saturated carbocycles. The third kappa shape index (κ3) is 2.67. The SMILES string of the molecule is S=C(Nc1nnc(-c2ccccc2)s1)n1ccnc1. The molecule has 0 amide bonds. The first-order valence-electron chi connectivity index (χ1n) is 5.51. The van der Waals surface area contributed by atoms with Crippen molar-refractivity contribution in [2.75, 3.05) is 5.32 Å².